The summed E-state index contributed by atoms with van der Waals surface area (Å²) in [6.45, 7) is 4.90. The molecule has 0 aliphatic carbocycles. The fourth-order valence-electron chi connectivity index (χ4n) is 2.32. The third-order valence-electron chi connectivity index (χ3n) is 3.40. The quantitative estimate of drug-likeness (QED) is 0.819. The van der Waals surface area contributed by atoms with Crippen LogP contribution in [0, 0.1) is 0 Å². The van der Waals surface area contributed by atoms with Crippen molar-refractivity contribution in [2.24, 2.45) is 0 Å². The molecule has 0 fully saturated rings. The lowest BCUT2D eigenvalue weighted by atomic mass is 10.0. The maximum Gasteiger partial charge on any atom is 0.323 e. The van der Waals surface area contributed by atoms with E-state index in [1.54, 1.807) is 0 Å². The highest BCUT2D eigenvalue weighted by Crippen LogP contribution is 2.18. The summed E-state index contributed by atoms with van der Waals surface area (Å²) in [5, 5.41) is 5.73. The number of carbonyl (C=O) groups is 1. The van der Waals surface area contributed by atoms with Crippen molar-refractivity contribution >= 4 is 16.7 Å². The molecule has 0 radical (unpaired) electrons. The third kappa shape index (κ3) is 3.36. The van der Waals surface area contributed by atoms with Crippen LogP contribution in [0.4, 0.5) is 0 Å². The second-order valence-electron chi connectivity index (χ2n) is 4.73. The van der Waals surface area contributed by atoms with E-state index in [1.165, 1.54) is 16.3 Å². The Morgan fingerprint density at radius 2 is 1.90 bits per heavy atom. The van der Waals surface area contributed by atoms with Gasteiger partial charge in [-0.3, -0.25) is 4.79 Å². The Balaban J connectivity index is 2.10. The zero-order valence-electron chi connectivity index (χ0n) is 12.1. The van der Waals surface area contributed by atoms with Crippen LogP contribution >= 0.6 is 0 Å². The molecule has 0 saturated carbocycles. The normalized spacial score (nSPS) is 12.3. The van der Waals surface area contributed by atoms with E-state index in [1.807, 2.05) is 32.0 Å². The minimum atomic E-state index is -0.242. The van der Waals surface area contributed by atoms with Gasteiger partial charge in [0, 0.05) is 6.54 Å². The van der Waals surface area contributed by atoms with Crippen molar-refractivity contribution in [3.63, 3.8) is 0 Å². The standard InChI is InChI=1S/C17H21NO2/c1-3-16(17(19)20-4-2)18-12-14-10-7-9-13-8-5-6-11-15(13)14/h5-11,16,18H,3-4,12H2,1-2H3/t16-/m0/s1. The Morgan fingerprint density at radius 1 is 1.15 bits per heavy atom. The molecular formula is C17H21NO2. The molecule has 0 heterocycles. The molecule has 2 rings (SSSR count). The second kappa shape index (κ2) is 7.06. The summed E-state index contributed by atoms with van der Waals surface area (Å²) >= 11 is 0. The van der Waals surface area contributed by atoms with E-state index < -0.39 is 0 Å². The Labute approximate surface area is 119 Å². The van der Waals surface area contributed by atoms with Crippen LogP contribution in [-0.2, 0) is 16.1 Å². The zero-order valence-corrected chi connectivity index (χ0v) is 12.1. The Hall–Kier alpha value is -1.87. The van der Waals surface area contributed by atoms with Crippen LogP contribution in [0.15, 0.2) is 42.5 Å². The maximum atomic E-state index is 11.8. The summed E-state index contributed by atoms with van der Waals surface area (Å²) < 4.78 is 5.07. The van der Waals surface area contributed by atoms with Crippen LogP contribution in [0.5, 0.6) is 0 Å². The molecule has 0 unspecified atom stereocenters. The summed E-state index contributed by atoms with van der Waals surface area (Å²) in [6.07, 6.45) is 0.726. The topological polar surface area (TPSA) is 38.3 Å². The van der Waals surface area contributed by atoms with Gasteiger partial charge in [0.25, 0.3) is 0 Å². The van der Waals surface area contributed by atoms with Gasteiger partial charge in [-0.1, -0.05) is 49.4 Å². The van der Waals surface area contributed by atoms with Crippen molar-refractivity contribution in [1.82, 2.24) is 5.32 Å². The fraction of sp³-hybridized carbons (Fsp3) is 0.353. The fourth-order valence-corrected chi connectivity index (χ4v) is 2.32. The van der Waals surface area contributed by atoms with Gasteiger partial charge in [-0.25, -0.2) is 0 Å². The first kappa shape index (κ1) is 14.5. The third-order valence-corrected chi connectivity index (χ3v) is 3.40. The molecule has 1 N–H and O–H groups in total. The summed E-state index contributed by atoms with van der Waals surface area (Å²) in [4.78, 5) is 11.8. The Bertz CT molecular complexity index is 575. The average molecular weight is 271 g/mol. The van der Waals surface area contributed by atoms with Gasteiger partial charge in [0.1, 0.15) is 6.04 Å². The molecule has 0 bridgehead atoms. The molecule has 0 spiro atoms. The molecule has 2 aromatic rings. The first-order valence-electron chi connectivity index (χ1n) is 7.13. The van der Waals surface area contributed by atoms with Crippen LogP contribution in [0.25, 0.3) is 10.8 Å². The monoisotopic (exact) mass is 271 g/mol. The highest BCUT2D eigenvalue weighted by Gasteiger charge is 2.16. The SMILES string of the molecule is CCOC(=O)[C@H](CC)NCc1cccc2ccccc12. The lowest BCUT2D eigenvalue weighted by Crippen LogP contribution is -2.37. The highest BCUT2D eigenvalue weighted by atomic mass is 16.5. The second-order valence-corrected chi connectivity index (χ2v) is 4.73. The maximum absolute atomic E-state index is 11.8. The van der Waals surface area contributed by atoms with E-state index in [2.05, 4.69) is 29.6 Å². The predicted molar refractivity (Wildman–Crippen MR) is 81.5 cm³/mol. The van der Waals surface area contributed by atoms with E-state index in [0.29, 0.717) is 13.2 Å². The number of fused-ring (bicyclic) bond motifs is 1. The highest BCUT2D eigenvalue weighted by molar-refractivity contribution is 5.85. The number of hydrogen-bond acceptors (Lipinski definition) is 3. The summed E-state index contributed by atoms with van der Waals surface area (Å²) in [6, 6.07) is 14.3. The molecule has 1 atom stereocenters. The molecule has 0 saturated heterocycles. The molecule has 2 aromatic carbocycles. The van der Waals surface area contributed by atoms with Gasteiger partial charge in [-0.05, 0) is 29.7 Å². The minimum absolute atomic E-state index is 0.171. The summed E-state index contributed by atoms with van der Waals surface area (Å²) in [5.41, 5.74) is 1.20. The van der Waals surface area contributed by atoms with E-state index in [4.69, 9.17) is 4.74 Å². The lowest BCUT2D eigenvalue weighted by Gasteiger charge is -2.16. The van der Waals surface area contributed by atoms with E-state index in [-0.39, 0.29) is 12.0 Å². The molecular weight excluding hydrogens is 250 g/mol. The van der Waals surface area contributed by atoms with E-state index >= 15 is 0 Å². The first-order valence-corrected chi connectivity index (χ1v) is 7.13. The number of esters is 1. The van der Waals surface area contributed by atoms with Gasteiger partial charge in [0.15, 0.2) is 0 Å². The number of ether oxygens (including phenoxy) is 1. The van der Waals surface area contributed by atoms with Gasteiger partial charge in [0.05, 0.1) is 6.61 Å². The minimum Gasteiger partial charge on any atom is -0.465 e. The largest absolute Gasteiger partial charge is 0.465 e. The van der Waals surface area contributed by atoms with E-state index in [0.717, 1.165) is 6.42 Å². The molecule has 20 heavy (non-hydrogen) atoms. The molecule has 106 valence electrons. The number of carbonyl (C=O) groups excluding carboxylic acids is 1. The van der Waals surface area contributed by atoms with Crippen LogP contribution in [0.1, 0.15) is 25.8 Å². The summed E-state index contributed by atoms with van der Waals surface area (Å²) in [5.74, 6) is -0.171. The van der Waals surface area contributed by atoms with Gasteiger partial charge < -0.3 is 10.1 Å². The number of hydrogen-bond donors (Lipinski definition) is 1. The van der Waals surface area contributed by atoms with Crippen molar-refractivity contribution in [2.75, 3.05) is 6.61 Å². The molecule has 0 amide bonds. The molecule has 0 aromatic heterocycles. The van der Waals surface area contributed by atoms with Crippen molar-refractivity contribution in [3.05, 3.63) is 48.0 Å². The van der Waals surface area contributed by atoms with Crippen LogP contribution in [-0.4, -0.2) is 18.6 Å². The van der Waals surface area contributed by atoms with Crippen molar-refractivity contribution in [1.29, 1.82) is 0 Å². The Morgan fingerprint density at radius 3 is 2.65 bits per heavy atom. The van der Waals surface area contributed by atoms with Gasteiger partial charge in [0.2, 0.25) is 0 Å². The molecule has 3 nitrogen and oxygen atoms in total. The number of rotatable bonds is 6. The average Bonchev–Trinajstić information content (AvgIpc) is 2.48. The van der Waals surface area contributed by atoms with Crippen LogP contribution < -0.4 is 5.32 Å². The molecule has 3 heteroatoms. The van der Waals surface area contributed by atoms with Crippen molar-refractivity contribution in [2.45, 2.75) is 32.9 Å². The van der Waals surface area contributed by atoms with Gasteiger partial charge in [-0.15, -0.1) is 0 Å². The summed E-state index contributed by atoms with van der Waals surface area (Å²) in [7, 11) is 0. The smallest absolute Gasteiger partial charge is 0.323 e. The lowest BCUT2D eigenvalue weighted by molar-refractivity contribution is -0.145. The molecule has 0 aliphatic rings. The van der Waals surface area contributed by atoms with Crippen molar-refractivity contribution < 1.29 is 9.53 Å². The predicted octanol–water partition coefficient (Wildman–Crippen LogP) is 3.27. The Kier molecular flexibility index (Phi) is 5.13. The first-order chi connectivity index (χ1) is 9.76. The zero-order chi connectivity index (χ0) is 14.4. The molecule has 0 aliphatic heterocycles. The van der Waals surface area contributed by atoms with Crippen LogP contribution in [0.2, 0.25) is 0 Å². The number of nitrogens with one attached hydrogen (secondary N) is 1. The van der Waals surface area contributed by atoms with Gasteiger partial charge in [-0.2, -0.15) is 0 Å². The number of benzene rings is 2. The van der Waals surface area contributed by atoms with Crippen molar-refractivity contribution in [3.8, 4) is 0 Å². The van der Waals surface area contributed by atoms with E-state index in [9.17, 15) is 4.79 Å². The van der Waals surface area contributed by atoms with Crippen LogP contribution in [0.3, 0.4) is 0 Å². The van der Waals surface area contributed by atoms with Gasteiger partial charge >= 0.3 is 5.97 Å².